The highest BCUT2D eigenvalue weighted by Crippen LogP contribution is 2.47. The third-order valence-corrected chi connectivity index (χ3v) is 10.3. The second-order valence-electron chi connectivity index (χ2n) is 12.9. The number of pyridine rings is 1. The van der Waals surface area contributed by atoms with Crippen LogP contribution in [-0.4, -0.2) is 77.8 Å². The summed E-state index contributed by atoms with van der Waals surface area (Å²) < 4.78 is 37.9. The molecule has 0 unspecified atom stereocenters. The summed E-state index contributed by atoms with van der Waals surface area (Å²) in [6.07, 6.45) is 13.0. The molecule has 4 aliphatic heterocycles. The first kappa shape index (κ1) is 27.6. The highest BCUT2D eigenvalue weighted by atomic mass is 19.1. The van der Waals surface area contributed by atoms with Gasteiger partial charge in [0.25, 0.3) is 0 Å². The maximum atomic E-state index is 16.8. The molecule has 44 heavy (non-hydrogen) atoms. The van der Waals surface area contributed by atoms with Crippen molar-refractivity contribution in [3.8, 4) is 35.4 Å². The van der Waals surface area contributed by atoms with Gasteiger partial charge in [-0.2, -0.15) is 9.97 Å². The number of anilines is 1. The van der Waals surface area contributed by atoms with Crippen LogP contribution in [0.4, 0.5) is 14.6 Å². The van der Waals surface area contributed by atoms with E-state index in [1.54, 1.807) is 0 Å². The van der Waals surface area contributed by atoms with Crippen LogP contribution in [0.15, 0.2) is 30.5 Å². The molecule has 2 bridgehead atoms. The predicted molar refractivity (Wildman–Crippen MR) is 166 cm³/mol. The Morgan fingerprint density at radius 2 is 1.80 bits per heavy atom. The number of terminal acetylenes is 1. The van der Waals surface area contributed by atoms with E-state index in [0.29, 0.717) is 28.4 Å². The molecule has 0 spiro atoms. The lowest BCUT2D eigenvalue weighted by molar-refractivity contribution is 0.0506. The van der Waals surface area contributed by atoms with Crippen molar-refractivity contribution in [3.63, 3.8) is 0 Å². The number of nitrogens with zero attached hydrogens (tertiary/aromatic N) is 5. The Morgan fingerprint density at radius 3 is 2.50 bits per heavy atom. The Balaban J connectivity index is 1.31. The molecule has 1 N–H and O–H groups in total. The molecule has 4 radical (unpaired) electrons. The molecule has 0 atom stereocenters. The zero-order valence-corrected chi connectivity index (χ0v) is 24.2. The van der Waals surface area contributed by atoms with Crippen molar-refractivity contribution in [1.82, 2.24) is 19.9 Å². The number of hydrogen-bond acceptors (Lipinski definition) is 7. The normalized spacial score (nSPS) is 22.6. The minimum absolute atomic E-state index is 0.0348. The molecule has 1 aliphatic carbocycles. The number of phenolic OH excluding ortho intramolecular Hbond substituents is 1. The lowest BCUT2D eigenvalue weighted by atomic mass is 9.53. The highest BCUT2D eigenvalue weighted by molar-refractivity contribution is 6.40. The zero-order valence-electron chi connectivity index (χ0n) is 24.2. The molecule has 1 saturated carbocycles. The molecule has 5 aliphatic rings. The number of hydrogen-bond donors (Lipinski definition) is 1. The second-order valence-corrected chi connectivity index (χ2v) is 12.9. The summed E-state index contributed by atoms with van der Waals surface area (Å²) in [6.45, 7) is 3.34. The van der Waals surface area contributed by atoms with Gasteiger partial charge in [-0.25, -0.2) is 8.78 Å². The van der Waals surface area contributed by atoms with Crippen molar-refractivity contribution in [2.45, 2.75) is 49.5 Å². The Bertz CT molecular complexity index is 1870. The molecule has 2 aromatic heterocycles. The maximum absolute atomic E-state index is 16.8. The van der Waals surface area contributed by atoms with E-state index in [0.717, 1.165) is 51.9 Å². The van der Waals surface area contributed by atoms with E-state index in [4.69, 9.17) is 31.8 Å². The largest absolute Gasteiger partial charge is 0.508 e. The molecule has 4 saturated heterocycles. The van der Waals surface area contributed by atoms with Gasteiger partial charge in [-0.3, -0.25) is 9.88 Å². The molecular formula is C33H29B2F2N5O2. The zero-order chi connectivity index (χ0) is 30.4. The number of fused-ring (bicyclic) bond motifs is 5. The van der Waals surface area contributed by atoms with E-state index in [1.165, 1.54) is 43.3 Å². The van der Waals surface area contributed by atoms with Crippen LogP contribution >= 0.6 is 0 Å². The van der Waals surface area contributed by atoms with Gasteiger partial charge in [-0.15, -0.1) is 6.42 Å². The fraction of sp³-hybridized carbons (Fsp3) is 0.424. The summed E-state index contributed by atoms with van der Waals surface area (Å²) in [5.41, 5.74) is -0.636. The summed E-state index contributed by atoms with van der Waals surface area (Å²) in [5.74, 6) is 2.42. The standard InChI is InChI=1S/C33H29B2F2N5O2/c1-2-22-25(36)6-5-20-13-21(43)14-23(26(20)22)28-27(37)29-24(15-38-28)30(41-16-18-11-19(12-18)17-41)40-31(39-29)44-33(34,35)32-7-3-9-42(32)10-4-8-32/h1,5-6,13-15,18-19,43H,3-4,7-12,16-17H2. The van der Waals surface area contributed by atoms with E-state index < -0.39 is 22.6 Å². The number of aromatic hydroxyl groups is 1. The lowest BCUT2D eigenvalue weighted by Crippen LogP contribution is -2.63. The van der Waals surface area contributed by atoms with Crippen LogP contribution in [0.3, 0.4) is 0 Å². The summed E-state index contributed by atoms with van der Waals surface area (Å²) >= 11 is 0. The van der Waals surface area contributed by atoms with Crippen LogP contribution in [0, 0.1) is 35.8 Å². The van der Waals surface area contributed by atoms with Crippen LogP contribution < -0.4 is 9.64 Å². The molecule has 0 amide bonds. The van der Waals surface area contributed by atoms with Crippen molar-refractivity contribution in [1.29, 1.82) is 0 Å². The number of rotatable bonds is 5. The first-order valence-corrected chi connectivity index (χ1v) is 15.2. The molecule has 6 heterocycles. The third-order valence-electron chi connectivity index (χ3n) is 10.3. The highest BCUT2D eigenvalue weighted by Gasteiger charge is 2.55. The van der Waals surface area contributed by atoms with Gasteiger partial charge < -0.3 is 14.7 Å². The number of piperidine rings is 2. The fourth-order valence-corrected chi connectivity index (χ4v) is 8.28. The Labute approximate surface area is 256 Å². The van der Waals surface area contributed by atoms with Gasteiger partial charge >= 0.3 is 6.01 Å². The van der Waals surface area contributed by atoms with Crippen molar-refractivity contribution in [2.24, 2.45) is 11.8 Å². The van der Waals surface area contributed by atoms with Gasteiger partial charge in [-0.05, 0) is 87.0 Å². The van der Waals surface area contributed by atoms with Gasteiger partial charge in [0.05, 0.1) is 10.9 Å². The van der Waals surface area contributed by atoms with Crippen LogP contribution in [0.5, 0.6) is 11.8 Å². The number of aromatic nitrogens is 3. The number of benzene rings is 2. The van der Waals surface area contributed by atoms with E-state index in [2.05, 4.69) is 25.7 Å². The monoisotopic (exact) mass is 587 g/mol. The van der Waals surface area contributed by atoms with Crippen LogP contribution in [0.25, 0.3) is 32.9 Å². The van der Waals surface area contributed by atoms with Gasteiger partial charge in [-0.1, -0.05) is 12.0 Å². The average molecular weight is 587 g/mol. The summed E-state index contributed by atoms with van der Waals surface area (Å²) in [7, 11) is 13.5. The van der Waals surface area contributed by atoms with E-state index in [-0.39, 0.29) is 39.5 Å². The average Bonchev–Trinajstić information content (AvgIpc) is 3.60. The fourth-order valence-electron chi connectivity index (χ4n) is 8.28. The molecule has 7 nitrogen and oxygen atoms in total. The second kappa shape index (κ2) is 9.80. The van der Waals surface area contributed by atoms with Crippen molar-refractivity contribution in [3.05, 3.63) is 47.7 Å². The van der Waals surface area contributed by atoms with Gasteiger partial charge in [0, 0.05) is 41.2 Å². The topological polar surface area (TPSA) is 74.6 Å². The quantitative estimate of drug-likeness (QED) is 0.269. The summed E-state index contributed by atoms with van der Waals surface area (Å²) in [6, 6.07) is 5.37. The minimum atomic E-state index is -1.61. The van der Waals surface area contributed by atoms with Gasteiger partial charge in [0.2, 0.25) is 0 Å². The maximum Gasteiger partial charge on any atom is 0.318 e. The molecule has 9 rings (SSSR count). The Morgan fingerprint density at radius 1 is 1.07 bits per heavy atom. The Kier molecular flexibility index (Phi) is 6.16. The first-order valence-electron chi connectivity index (χ1n) is 15.2. The smallest absolute Gasteiger partial charge is 0.318 e. The molecule has 11 heteroatoms. The van der Waals surface area contributed by atoms with E-state index in [1.807, 2.05) is 0 Å². The van der Waals surface area contributed by atoms with Crippen LogP contribution in [-0.2, 0) is 0 Å². The molecule has 5 fully saturated rings. The van der Waals surface area contributed by atoms with Crippen molar-refractivity contribution < 1.29 is 18.6 Å². The Hall–Kier alpha value is -3.90. The van der Waals surface area contributed by atoms with E-state index >= 15 is 4.39 Å². The van der Waals surface area contributed by atoms with Gasteiger partial charge in [0.15, 0.2) is 5.82 Å². The van der Waals surface area contributed by atoms with Gasteiger partial charge in [0.1, 0.15) is 44.3 Å². The number of halogens is 2. The summed E-state index contributed by atoms with van der Waals surface area (Å²) in [5, 5.41) is 10.0. The first-order chi connectivity index (χ1) is 21.2. The molecule has 2 aromatic carbocycles. The molecule has 218 valence electrons. The molecule has 4 aromatic rings. The number of ether oxygens (including phenoxy) is 1. The van der Waals surface area contributed by atoms with Crippen molar-refractivity contribution in [2.75, 3.05) is 31.1 Å². The third kappa shape index (κ3) is 4.03. The SMILES string of the molecule is [B]C([B])(Oc1nc(N2CC3CC(C3)C2)c2cnc(-c3cc(O)cc4ccc(F)c(C#C)c34)c(F)c2n1)C12CCCN1CCC2. The summed E-state index contributed by atoms with van der Waals surface area (Å²) in [4.78, 5) is 18.2. The molecular weight excluding hydrogens is 558 g/mol. The minimum Gasteiger partial charge on any atom is -0.508 e. The van der Waals surface area contributed by atoms with Crippen LogP contribution in [0.2, 0.25) is 0 Å². The van der Waals surface area contributed by atoms with Crippen molar-refractivity contribution >= 4 is 43.2 Å². The number of phenols is 1. The van der Waals surface area contributed by atoms with E-state index in [9.17, 15) is 9.50 Å². The predicted octanol–water partition coefficient (Wildman–Crippen LogP) is 4.65. The van der Waals surface area contributed by atoms with Crippen LogP contribution in [0.1, 0.15) is 44.1 Å². The lowest BCUT2D eigenvalue weighted by Gasteiger charge is -2.48.